The molecule has 56 heavy (non-hydrogen) atoms. The third kappa shape index (κ3) is 21.7. The van der Waals surface area contributed by atoms with E-state index in [9.17, 15) is 0 Å². The third-order valence-corrected chi connectivity index (χ3v) is 42.6. The maximum absolute atomic E-state index is 6.14. The van der Waals surface area contributed by atoms with Gasteiger partial charge in [-0.05, 0) is 146 Å². The first-order valence-electron chi connectivity index (χ1n) is 19.6. The van der Waals surface area contributed by atoms with E-state index in [1.165, 1.54) is 32.1 Å². The van der Waals surface area contributed by atoms with Gasteiger partial charge in [-0.3, -0.25) is 0 Å². The first-order chi connectivity index (χ1) is 27.0. The van der Waals surface area contributed by atoms with Gasteiger partial charge in [0.25, 0.3) is 0 Å². The van der Waals surface area contributed by atoms with Gasteiger partial charge < -0.3 is 39.8 Å². The predicted octanol–water partition coefficient (Wildman–Crippen LogP) is 14.3. The molecule has 1 atom stereocenters. The van der Waals surface area contributed by atoms with Crippen molar-refractivity contribution in [3.8, 4) is 0 Å². The van der Waals surface area contributed by atoms with Gasteiger partial charge in [-0.1, -0.05) is 90.9 Å². The summed E-state index contributed by atoms with van der Waals surface area (Å²) < 4.78 is 55.5. The summed E-state index contributed by atoms with van der Waals surface area (Å²) in [6, 6.07) is 0.811. The number of rotatable bonds is 39. The summed E-state index contributed by atoms with van der Waals surface area (Å²) >= 11 is 0. The molecular formula is C32H70O9S12Si3. The summed E-state index contributed by atoms with van der Waals surface area (Å²) in [7, 11) is 14.6. The molecule has 0 bridgehead atoms. The largest absolute Gasteiger partial charge is 0.512 e. The van der Waals surface area contributed by atoms with E-state index in [-0.39, 0.29) is 10.2 Å². The van der Waals surface area contributed by atoms with Gasteiger partial charge in [0.15, 0.2) is 0 Å². The number of hydrogen-bond acceptors (Lipinski definition) is 21. The van der Waals surface area contributed by atoms with Crippen molar-refractivity contribution >= 4 is 150 Å². The van der Waals surface area contributed by atoms with Crippen LogP contribution in [-0.2, 0) is 39.8 Å². The molecule has 1 rings (SSSR count). The molecule has 9 nitrogen and oxygen atoms in total. The molecule has 0 amide bonds. The van der Waals surface area contributed by atoms with Crippen molar-refractivity contribution in [2.75, 3.05) is 76.0 Å². The molecular weight excluding hydrogens is 997 g/mol. The van der Waals surface area contributed by atoms with Crippen LogP contribution in [0.25, 0.3) is 0 Å². The van der Waals surface area contributed by atoms with Crippen molar-refractivity contribution in [2.45, 2.75) is 124 Å². The molecule has 0 N–H and O–H groups in total. The van der Waals surface area contributed by atoms with Gasteiger partial charge in [0.05, 0.1) is 20.1 Å². The molecule has 1 fully saturated rings. The van der Waals surface area contributed by atoms with Gasteiger partial charge >= 0.3 is 26.4 Å². The Morgan fingerprint density at radius 3 is 1.21 bits per heavy atom. The fourth-order valence-electron chi connectivity index (χ4n) is 5.91. The van der Waals surface area contributed by atoms with Crippen molar-refractivity contribution in [3.05, 3.63) is 0 Å². The molecule has 0 aromatic rings. The lowest BCUT2D eigenvalue weighted by molar-refractivity contribution is 0.0726. The van der Waals surface area contributed by atoms with Crippen LogP contribution in [0, 0.1) is 5.41 Å². The Balaban J connectivity index is 3.17. The first-order valence-corrected chi connectivity index (χ1v) is 40.5. The SMILES string of the molecule is CCO[Si](CCSSSSC(C)(C(SSSSC[Si](OCC)(OCC)OCC)SSSSC[Si](OCC)(OCC)OCC)C1(C)CCCCC1)(OCC)OCC. The Morgan fingerprint density at radius 2 is 0.839 bits per heavy atom. The van der Waals surface area contributed by atoms with Crippen molar-refractivity contribution in [2.24, 2.45) is 5.41 Å². The van der Waals surface area contributed by atoms with Gasteiger partial charge in [-0.25, -0.2) is 0 Å². The van der Waals surface area contributed by atoms with E-state index in [1.807, 2.05) is 154 Å². The normalized spacial score (nSPS) is 16.5. The lowest BCUT2D eigenvalue weighted by atomic mass is 9.68. The zero-order chi connectivity index (χ0) is 41.7. The zero-order valence-corrected chi connectivity index (χ0v) is 48.2. The van der Waals surface area contributed by atoms with Crippen LogP contribution in [0.15, 0.2) is 0 Å². The van der Waals surface area contributed by atoms with Crippen molar-refractivity contribution < 1.29 is 39.8 Å². The summed E-state index contributed by atoms with van der Waals surface area (Å²) in [4.78, 5) is 0. The molecule has 0 aromatic carbocycles. The second-order valence-corrected chi connectivity index (χ2v) is 39.9. The summed E-state index contributed by atoms with van der Waals surface area (Å²) in [6.45, 7) is 28.6. The second-order valence-electron chi connectivity index (χ2n) is 12.3. The third-order valence-electron chi connectivity index (χ3n) is 8.53. The van der Waals surface area contributed by atoms with Crippen LogP contribution >= 0.6 is 124 Å². The van der Waals surface area contributed by atoms with E-state index in [0.29, 0.717) is 64.0 Å². The van der Waals surface area contributed by atoms with Crippen LogP contribution in [-0.4, -0.2) is 112 Å². The van der Waals surface area contributed by atoms with E-state index >= 15 is 0 Å². The molecule has 336 valence electrons. The molecule has 0 radical (unpaired) electrons. The second kappa shape index (κ2) is 34.8. The van der Waals surface area contributed by atoms with Gasteiger partial charge in [-0.2, -0.15) is 0 Å². The lowest BCUT2D eigenvalue weighted by Gasteiger charge is -2.51. The first kappa shape index (κ1) is 58.5. The number of hydrogen-bond donors (Lipinski definition) is 0. The minimum absolute atomic E-state index is 0.0150. The molecule has 0 aliphatic heterocycles. The van der Waals surface area contributed by atoms with Crippen LogP contribution in [0.1, 0.15) is 108 Å². The minimum atomic E-state index is -2.72. The van der Waals surface area contributed by atoms with Crippen LogP contribution in [0.2, 0.25) is 6.04 Å². The fourth-order valence-corrected chi connectivity index (χ4v) is 43.5. The molecule has 0 aromatic heterocycles. The van der Waals surface area contributed by atoms with Gasteiger partial charge in [-0.15, -0.1) is 0 Å². The Bertz CT molecular complexity index is 876. The summed E-state index contributed by atoms with van der Waals surface area (Å²) in [5.41, 5.74) is 0.193. The molecule has 1 aliphatic carbocycles. The molecule has 0 saturated heterocycles. The quantitative estimate of drug-likeness (QED) is 0.0253. The molecule has 0 spiro atoms. The average molecular weight is 1070 g/mol. The molecule has 0 heterocycles. The summed E-state index contributed by atoms with van der Waals surface area (Å²) in [5.74, 6) is 0.922. The molecule has 1 aliphatic rings. The smallest absolute Gasteiger partial charge is 0.374 e. The average Bonchev–Trinajstić information content (AvgIpc) is 3.16. The van der Waals surface area contributed by atoms with Gasteiger partial charge in [0, 0.05) is 71.3 Å². The molecule has 24 heteroatoms. The monoisotopic (exact) mass is 1070 g/mol. The predicted molar refractivity (Wildman–Crippen MR) is 276 cm³/mol. The Morgan fingerprint density at radius 1 is 0.482 bits per heavy atom. The van der Waals surface area contributed by atoms with Gasteiger partial charge in [0.1, 0.15) is 0 Å². The highest BCUT2D eigenvalue weighted by Crippen LogP contribution is 2.67. The van der Waals surface area contributed by atoms with Crippen LogP contribution in [0.4, 0.5) is 0 Å². The molecule has 1 saturated carbocycles. The zero-order valence-electron chi connectivity index (χ0n) is 35.4. The summed E-state index contributed by atoms with van der Waals surface area (Å²) in [5, 5.41) is 1.44. The maximum atomic E-state index is 6.14. The Labute approximate surface area is 390 Å². The minimum Gasteiger partial charge on any atom is -0.374 e. The summed E-state index contributed by atoms with van der Waals surface area (Å²) in [6.07, 6.45) is 6.38. The van der Waals surface area contributed by atoms with Crippen molar-refractivity contribution in [1.29, 1.82) is 0 Å². The highest BCUT2D eigenvalue weighted by Gasteiger charge is 2.52. The fraction of sp³-hybridized carbons (Fsp3) is 1.00. The Hall–Kier alpha value is 4.49. The van der Waals surface area contributed by atoms with E-state index in [1.54, 1.807) is 21.6 Å². The highest BCUT2D eigenvalue weighted by atomic mass is 33.7. The van der Waals surface area contributed by atoms with Crippen molar-refractivity contribution in [3.63, 3.8) is 0 Å². The lowest BCUT2D eigenvalue weighted by Crippen LogP contribution is -2.49. The Kier molecular flexibility index (Phi) is 36.3. The van der Waals surface area contributed by atoms with E-state index in [0.717, 1.165) is 22.5 Å². The highest BCUT2D eigenvalue weighted by molar-refractivity contribution is 9.29. The van der Waals surface area contributed by atoms with Crippen LogP contribution in [0.5, 0.6) is 0 Å². The standard InChI is InChI=1S/C32H70O9S12Si3/c1-12-33-54(34-13-2,35-14-3)27-26-42-48-53-47-32(11,31(10)24-22-21-23-25-31)30(45-51-49-43-28-55(36-15-4,37-16-5)38-17-6)46-52-50-44-29-56(39-18-7,40-19-8)41-20-9/h30H,12-29H2,1-11H3. The van der Waals surface area contributed by atoms with Crippen molar-refractivity contribution in [1.82, 2.24) is 0 Å². The maximum Gasteiger partial charge on any atom is 0.512 e. The van der Waals surface area contributed by atoms with E-state index < -0.39 is 26.4 Å². The van der Waals surface area contributed by atoms with Crippen LogP contribution in [0.3, 0.4) is 0 Å². The topological polar surface area (TPSA) is 83.1 Å². The molecule has 1 unspecified atom stereocenters. The van der Waals surface area contributed by atoms with E-state index in [2.05, 4.69) is 24.6 Å². The van der Waals surface area contributed by atoms with Crippen LogP contribution < -0.4 is 0 Å². The van der Waals surface area contributed by atoms with E-state index in [4.69, 9.17) is 39.8 Å². The van der Waals surface area contributed by atoms with Gasteiger partial charge in [0.2, 0.25) is 0 Å².